The number of nitrogens with one attached hydrogen (secondary N) is 1. The van der Waals surface area contributed by atoms with Gasteiger partial charge in [-0.25, -0.2) is 9.37 Å². The second kappa shape index (κ2) is 7.53. The maximum absolute atomic E-state index is 13.7. The van der Waals surface area contributed by atoms with E-state index in [1.807, 2.05) is 18.2 Å². The molecule has 0 aliphatic carbocycles. The van der Waals surface area contributed by atoms with Gasteiger partial charge in [0.15, 0.2) is 11.6 Å². The normalized spacial score (nSPS) is 18.3. The van der Waals surface area contributed by atoms with Crippen molar-refractivity contribution in [1.82, 2.24) is 9.88 Å². The molecule has 1 aliphatic heterocycles. The highest BCUT2D eigenvalue weighted by Crippen LogP contribution is 2.22. The Balaban J connectivity index is 1.69. The number of aromatic nitrogens is 1. The van der Waals surface area contributed by atoms with Gasteiger partial charge in [-0.3, -0.25) is 4.90 Å². The first kappa shape index (κ1) is 15.9. The van der Waals surface area contributed by atoms with E-state index in [9.17, 15) is 9.50 Å². The maximum Gasteiger partial charge on any atom is 0.165 e. The van der Waals surface area contributed by atoms with Gasteiger partial charge in [0, 0.05) is 25.3 Å². The van der Waals surface area contributed by atoms with E-state index in [2.05, 4.69) is 21.3 Å². The van der Waals surface area contributed by atoms with E-state index >= 15 is 0 Å². The molecular formula is C18H22FN3O. The van der Waals surface area contributed by atoms with Crippen molar-refractivity contribution in [3.8, 4) is 0 Å². The van der Waals surface area contributed by atoms with Gasteiger partial charge in [-0.05, 0) is 42.6 Å². The van der Waals surface area contributed by atoms with Crippen LogP contribution in [0.5, 0.6) is 0 Å². The number of rotatable bonds is 6. The molecule has 2 heterocycles. The number of aliphatic hydroxyl groups is 1. The summed E-state index contributed by atoms with van der Waals surface area (Å²) in [6, 6.07) is 11.4. The van der Waals surface area contributed by atoms with E-state index < -0.39 is 0 Å². The Morgan fingerprint density at radius 3 is 2.83 bits per heavy atom. The number of hydrogen-bond acceptors (Lipinski definition) is 4. The van der Waals surface area contributed by atoms with Gasteiger partial charge in [0.05, 0.1) is 6.61 Å². The third-order valence-electron chi connectivity index (χ3n) is 4.41. The average Bonchev–Trinajstić information content (AvgIpc) is 3.02. The molecular weight excluding hydrogens is 293 g/mol. The molecule has 0 radical (unpaired) electrons. The van der Waals surface area contributed by atoms with Crippen molar-refractivity contribution >= 4 is 5.82 Å². The van der Waals surface area contributed by atoms with Gasteiger partial charge in [-0.15, -0.1) is 0 Å². The number of halogens is 1. The highest BCUT2D eigenvalue weighted by Gasteiger charge is 2.24. The van der Waals surface area contributed by atoms with Crippen LogP contribution >= 0.6 is 0 Å². The van der Waals surface area contributed by atoms with E-state index in [1.165, 1.54) is 11.6 Å². The molecule has 4 nitrogen and oxygen atoms in total. The van der Waals surface area contributed by atoms with Crippen LogP contribution in [-0.4, -0.2) is 34.2 Å². The first-order chi connectivity index (χ1) is 11.3. The van der Waals surface area contributed by atoms with Crippen molar-refractivity contribution in [1.29, 1.82) is 0 Å². The molecule has 23 heavy (non-hydrogen) atoms. The predicted molar refractivity (Wildman–Crippen MR) is 88.5 cm³/mol. The fourth-order valence-electron chi connectivity index (χ4n) is 3.11. The van der Waals surface area contributed by atoms with Crippen LogP contribution in [0, 0.1) is 5.82 Å². The van der Waals surface area contributed by atoms with E-state index in [4.69, 9.17) is 0 Å². The van der Waals surface area contributed by atoms with Gasteiger partial charge in [0.1, 0.15) is 0 Å². The smallest absolute Gasteiger partial charge is 0.165 e. The van der Waals surface area contributed by atoms with Gasteiger partial charge in [-0.1, -0.05) is 24.3 Å². The summed E-state index contributed by atoms with van der Waals surface area (Å²) >= 11 is 0. The van der Waals surface area contributed by atoms with Gasteiger partial charge < -0.3 is 10.4 Å². The second-order valence-corrected chi connectivity index (χ2v) is 5.91. The number of anilines is 1. The quantitative estimate of drug-likeness (QED) is 0.860. The van der Waals surface area contributed by atoms with Gasteiger partial charge in [0.25, 0.3) is 0 Å². The molecule has 1 fully saturated rings. The van der Waals surface area contributed by atoms with Crippen LogP contribution in [0.15, 0.2) is 42.6 Å². The summed E-state index contributed by atoms with van der Waals surface area (Å²) in [5, 5.41) is 12.5. The summed E-state index contributed by atoms with van der Waals surface area (Å²) in [6.07, 6.45) is 3.76. The number of benzene rings is 1. The minimum absolute atomic E-state index is 0.208. The summed E-state index contributed by atoms with van der Waals surface area (Å²) in [4.78, 5) is 6.34. The summed E-state index contributed by atoms with van der Waals surface area (Å²) in [5.41, 5.74) is 2.33. The monoisotopic (exact) mass is 315 g/mol. The zero-order valence-corrected chi connectivity index (χ0v) is 13.1. The minimum Gasteiger partial charge on any atom is -0.395 e. The van der Waals surface area contributed by atoms with Crippen LogP contribution < -0.4 is 5.32 Å². The first-order valence-electron chi connectivity index (χ1n) is 8.04. The van der Waals surface area contributed by atoms with Crippen molar-refractivity contribution in [3.63, 3.8) is 0 Å². The Labute approximate surface area is 136 Å². The van der Waals surface area contributed by atoms with E-state index in [0.717, 1.165) is 31.5 Å². The first-order valence-corrected chi connectivity index (χ1v) is 8.04. The molecule has 0 bridgehead atoms. The van der Waals surface area contributed by atoms with E-state index in [0.29, 0.717) is 6.54 Å². The molecule has 1 saturated heterocycles. The molecule has 2 N–H and O–H groups in total. The zero-order chi connectivity index (χ0) is 16.1. The van der Waals surface area contributed by atoms with Crippen molar-refractivity contribution in [2.45, 2.75) is 32.0 Å². The van der Waals surface area contributed by atoms with Crippen LogP contribution in [0.25, 0.3) is 0 Å². The van der Waals surface area contributed by atoms with Crippen LogP contribution in [0.4, 0.5) is 10.2 Å². The fraction of sp³-hybridized carbons (Fsp3) is 0.389. The molecule has 1 aliphatic rings. The Hall–Kier alpha value is -1.98. The summed E-state index contributed by atoms with van der Waals surface area (Å²) in [6.45, 7) is 2.57. The number of likely N-dealkylation sites (tertiary alicyclic amines) is 1. The van der Waals surface area contributed by atoms with E-state index in [1.54, 1.807) is 12.3 Å². The molecule has 1 atom stereocenters. The fourth-order valence-corrected chi connectivity index (χ4v) is 3.11. The molecule has 2 aromatic rings. The lowest BCUT2D eigenvalue weighted by molar-refractivity contribution is 0.153. The Morgan fingerprint density at radius 2 is 2.04 bits per heavy atom. The number of aliphatic hydroxyl groups excluding tert-OH is 1. The van der Waals surface area contributed by atoms with Crippen LogP contribution in [-0.2, 0) is 13.1 Å². The lowest BCUT2D eigenvalue weighted by Gasteiger charge is -2.24. The van der Waals surface area contributed by atoms with Crippen LogP contribution in [0.1, 0.15) is 24.0 Å². The summed E-state index contributed by atoms with van der Waals surface area (Å²) in [7, 11) is 0. The number of hydrogen-bond donors (Lipinski definition) is 2. The molecule has 122 valence electrons. The highest BCUT2D eigenvalue weighted by molar-refractivity contribution is 5.38. The lowest BCUT2D eigenvalue weighted by atomic mass is 10.1. The van der Waals surface area contributed by atoms with Crippen molar-refractivity contribution < 1.29 is 9.50 Å². The van der Waals surface area contributed by atoms with Crippen LogP contribution in [0.3, 0.4) is 0 Å². The number of pyridine rings is 1. The molecule has 1 unspecified atom stereocenters. The molecule has 0 saturated carbocycles. The molecule has 1 aromatic carbocycles. The molecule has 5 heteroatoms. The highest BCUT2D eigenvalue weighted by atomic mass is 19.1. The van der Waals surface area contributed by atoms with E-state index in [-0.39, 0.29) is 24.3 Å². The molecule has 0 amide bonds. The lowest BCUT2D eigenvalue weighted by Crippen LogP contribution is -2.32. The Bertz CT molecular complexity index is 650. The van der Waals surface area contributed by atoms with Gasteiger partial charge in [0.2, 0.25) is 0 Å². The molecule has 1 aromatic heterocycles. The van der Waals surface area contributed by atoms with Gasteiger partial charge >= 0.3 is 0 Å². The second-order valence-electron chi connectivity index (χ2n) is 5.91. The molecule has 0 spiro atoms. The SMILES string of the molecule is OCC1CCCN1Cc1ccccc1CNc1ncccc1F. The van der Waals surface area contributed by atoms with Crippen molar-refractivity contribution in [2.75, 3.05) is 18.5 Å². The van der Waals surface area contributed by atoms with Gasteiger partial charge in [-0.2, -0.15) is 0 Å². The third-order valence-corrected chi connectivity index (χ3v) is 4.41. The zero-order valence-electron chi connectivity index (χ0n) is 13.1. The number of nitrogens with zero attached hydrogens (tertiary/aromatic N) is 2. The molecule has 3 rings (SSSR count). The van der Waals surface area contributed by atoms with Crippen molar-refractivity contribution in [2.24, 2.45) is 0 Å². The minimum atomic E-state index is -0.343. The predicted octanol–water partition coefficient (Wildman–Crippen LogP) is 2.79. The Kier molecular flexibility index (Phi) is 5.20. The van der Waals surface area contributed by atoms with Crippen LogP contribution in [0.2, 0.25) is 0 Å². The standard InChI is InChI=1S/C18H22FN3O/c19-17-8-3-9-20-18(17)21-11-14-5-1-2-6-15(14)12-22-10-4-7-16(22)13-23/h1-3,5-6,8-9,16,23H,4,7,10-13H2,(H,20,21). The largest absolute Gasteiger partial charge is 0.395 e. The maximum atomic E-state index is 13.7. The summed E-state index contributed by atoms with van der Waals surface area (Å²) in [5.74, 6) is -0.0680. The average molecular weight is 315 g/mol. The Morgan fingerprint density at radius 1 is 1.22 bits per heavy atom. The van der Waals surface area contributed by atoms with Crippen molar-refractivity contribution in [3.05, 3.63) is 59.5 Å². The summed E-state index contributed by atoms with van der Waals surface area (Å²) < 4.78 is 13.7. The topological polar surface area (TPSA) is 48.4 Å². The third kappa shape index (κ3) is 3.86.